The molecule has 0 rings (SSSR count). The first kappa shape index (κ1) is 12.9. The number of carbonyl (C=O) groups excluding carboxylic acids is 1. The summed E-state index contributed by atoms with van der Waals surface area (Å²) in [6.45, 7) is 6.26. The van der Waals surface area contributed by atoms with Gasteiger partial charge in [-0.3, -0.25) is 4.79 Å². The molecule has 0 aromatic carbocycles. The standard InChI is InChI=1S/C10H19N3O/c1-8(5-6-11)13-7-10(2,3)9(14)12-4/h8,13H,5,7H2,1-4H3,(H,12,14). The number of rotatable bonds is 5. The molecule has 0 aromatic heterocycles. The van der Waals surface area contributed by atoms with Gasteiger partial charge in [-0.1, -0.05) is 0 Å². The number of nitriles is 1. The quantitative estimate of drug-likeness (QED) is 0.680. The van der Waals surface area contributed by atoms with Crippen LogP contribution in [0.2, 0.25) is 0 Å². The van der Waals surface area contributed by atoms with Crippen LogP contribution in [-0.4, -0.2) is 25.5 Å². The van der Waals surface area contributed by atoms with Crippen LogP contribution in [-0.2, 0) is 4.79 Å². The van der Waals surface area contributed by atoms with E-state index in [1.54, 1.807) is 7.05 Å². The van der Waals surface area contributed by atoms with Crippen molar-refractivity contribution in [3.05, 3.63) is 0 Å². The lowest BCUT2D eigenvalue weighted by atomic mass is 9.92. The minimum atomic E-state index is -0.432. The molecule has 2 N–H and O–H groups in total. The van der Waals surface area contributed by atoms with E-state index in [-0.39, 0.29) is 11.9 Å². The lowest BCUT2D eigenvalue weighted by Crippen LogP contribution is -2.44. The molecule has 1 atom stereocenters. The average Bonchev–Trinajstić information content (AvgIpc) is 2.14. The second kappa shape index (κ2) is 5.61. The van der Waals surface area contributed by atoms with E-state index < -0.39 is 5.41 Å². The lowest BCUT2D eigenvalue weighted by Gasteiger charge is -2.24. The van der Waals surface area contributed by atoms with Crippen molar-refractivity contribution in [2.45, 2.75) is 33.2 Å². The SMILES string of the molecule is CNC(=O)C(C)(C)CNC(C)CC#N. The normalized spacial score (nSPS) is 13.1. The van der Waals surface area contributed by atoms with Crippen molar-refractivity contribution in [1.82, 2.24) is 10.6 Å². The van der Waals surface area contributed by atoms with Gasteiger partial charge in [0.15, 0.2) is 0 Å². The lowest BCUT2D eigenvalue weighted by molar-refractivity contribution is -0.128. The maximum absolute atomic E-state index is 11.4. The molecule has 0 radical (unpaired) electrons. The van der Waals surface area contributed by atoms with Crippen LogP contribution in [0.4, 0.5) is 0 Å². The zero-order chi connectivity index (χ0) is 11.2. The van der Waals surface area contributed by atoms with E-state index in [0.717, 1.165) is 0 Å². The summed E-state index contributed by atoms with van der Waals surface area (Å²) in [5.74, 6) is 0.00848. The Bertz CT molecular complexity index is 230. The molecule has 0 heterocycles. The maximum Gasteiger partial charge on any atom is 0.226 e. The molecule has 0 fully saturated rings. The van der Waals surface area contributed by atoms with Crippen LogP contribution in [0.5, 0.6) is 0 Å². The van der Waals surface area contributed by atoms with Crippen LogP contribution in [0.15, 0.2) is 0 Å². The molecule has 0 saturated heterocycles. The first-order valence-corrected chi connectivity index (χ1v) is 4.76. The summed E-state index contributed by atoms with van der Waals surface area (Å²) in [6, 6.07) is 2.21. The number of hydrogen-bond donors (Lipinski definition) is 2. The molecule has 0 aliphatic rings. The highest BCUT2D eigenvalue weighted by Gasteiger charge is 2.26. The van der Waals surface area contributed by atoms with Crippen LogP contribution in [0.25, 0.3) is 0 Å². The topological polar surface area (TPSA) is 64.9 Å². The van der Waals surface area contributed by atoms with Gasteiger partial charge in [-0.15, -0.1) is 0 Å². The molecule has 1 amide bonds. The van der Waals surface area contributed by atoms with E-state index >= 15 is 0 Å². The predicted octanol–water partition coefficient (Wildman–Crippen LogP) is 0.650. The molecule has 0 bridgehead atoms. The monoisotopic (exact) mass is 197 g/mol. The zero-order valence-corrected chi connectivity index (χ0v) is 9.35. The Morgan fingerprint density at radius 3 is 2.57 bits per heavy atom. The van der Waals surface area contributed by atoms with E-state index in [4.69, 9.17) is 5.26 Å². The number of nitrogens with one attached hydrogen (secondary N) is 2. The predicted molar refractivity (Wildman–Crippen MR) is 55.5 cm³/mol. The highest BCUT2D eigenvalue weighted by molar-refractivity contribution is 5.81. The van der Waals surface area contributed by atoms with Gasteiger partial charge in [0.25, 0.3) is 0 Å². The van der Waals surface area contributed by atoms with E-state index in [2.05, 4.69) is 16.7 Å². The summed E-state index contributed by atoms with van der Waals surface area (Å²) >= 11 is 0. The molecule has 80 valence electrons. The molecule has 4 nitrogen and oxygen atoms in total. The molecule has 0 spiro atoms. The van der Waals surface area contributed by atoms with Crippen molar-refractivity contribution >= 4 is 5.91 Å². The Balaban J connectivity index is 3.99. The molecule has 0 aliphatic heterocycles. The number of hydrogen-bond acceptors (Lipinski definition) is 3. The summed E-state index contributed by atoms with van der Waals surface area (Å²) in [7, 11) is 1.63. The summed E-state index contributed by atoms with van der Waals surface area (Å²) in [5.41, 5.74) is -0.432. The first-order valence-electron chi connectivity index (χ1n) is 4.76. The minimum absolute atomic E-state index is 0.00848. The largest absolute Gasteiger partial charge is 0.359 e. The second-order valence-electron chi connectivity index (χ2n) is 4.11. The van der Waals surface area contributed by atoms with E-state index in [1.165, 1.54) is 0 Å². The van der Waals surface area contributed by atoms with Crippen LogP contribution in [0.3, 0.4) is 0 Å². The number of amides is 1. The van der Waals surface area contributed by atoms with E-state index in [9.17, 15) is 4.79 Å². The maximum atomic E-state index is 11.4. The first-order chi connectivity index (χ1) is 6.44. The van der Waals surface area contributed by atoms with E-state index in [0.29, 0.717) is 13.0 Å². The molecule has 1 unspecified atom stereocenters. The summed E-state index contributed by atoms with van der Waals surface area (Å²) < 4.78 is 0. The van der Waals surface area contributed by atoms with Crippen molar-refractivity contribution in [3.8, 4) is 6.07 Å². The molecular formula is C10H19N3O. The van der Waals surface area contributed by atoms with Gasteiger partial charge < -0.3 is 10.6 Å². The van der Waals surface area contributed by atoms with Crippen LogP contribution in [0.1, 0.15) is 27.2 Å². The van der Waals surface area contributed by atoms with Gasteiger partial charge >= 0.3 is 0 Å². The van der Waals surface area contributed by atoms with Gasteiger partial charge in [-0.2, -0.15) is 5.26 Å². The molecule has 0 aliphatic carbocycles. The molecule has 14 heavy (non-hydrogen) atoms. The molecule has 0 saturated carbocycles. The minimum Gasteiger partial charge on any atom is -0.359 e. The Hall–Kier alpha value is -1.08. The third-order valence-electron chi connectivity index (χ3n) is 2.13. The van der Waals surface area contributed by atoms with Gasteiger partial charge in [0.1, 0.15) is 0 Å². The zero-order valence-electron chi connectivity index (χ0n) is 9.35. The summed E-state index contributed by atoms with van der Waals surface area (Å²) in [4.78, 5) is 11.4. The van der Waals surface area contributed by atoms with E-state index in [1.807, 2.05) is 20.8 Å². The Morgan fingerprint density at radius 2 is 2.14 bits per heavy atom. The van der Waals surface area contributed by atoms with Gasteiger partial charge in [-0.25, -0.2) is 0 Å². The van der Waals surface area contributed by atoms with Crippen LogP contribution in [0, 0.1) is 16.7 Å². The third kappa shape index (κ3) is 4.24. The highest BCUT2D eigenvalue weighted by atomic mass is 16.2. The number of carbonyl (C=O) groups is 1. The van der Waals surface area contributed by atoms with Gasteiger partial charge in [0, 0.05) is 19.6 Å². The second-order valence-corrected chi connectivity index (χ2v) is 4.11. The van der Waals surface area contributed by atoms with Crippen molar-refractivity contribution < 1.29 is 4.79 Å². The molecule has 0 aromatic rings. The molecule has 4 heteroatoms. The number of nitrogens with zero attached hydrogens (tertiary/aromatic N) is 1. The molecular weight excluding hydrogens is 178 g/mol. The summed E-state index contributed by atoms with van der Waals surface area (Å²) in [5, 5.41) is 14.2. The van der Waals surface area contributed by atoms with Crippen LogP contribution < -0.4 is 10.6 Å². The fourth-order valence-electron chi connectivity index (χ4n) is 1.06. The van der Waals surface area contributed by atoms with Crippen LogP contribution >= 0.6 is 0 Å². The average molecular weight is 197 g/mol. The fourth-order valence-corrected chi connectivity index (χ4v) is 1.06. The Labute approximate surface area is 85.7 Å². The van der Waals surface area contributed by atoms with Gasteiger partial charge in [0.2, 0.25) is 5.91 Å². The Kier molecular flexibility index (Phi) is 5.18. The fraction of sp³-hybridized carbons (Fsp3) is 0.800. The summed E-state index contributed by atoms with van der Waals surface area (Å²) in [6.07, 6.45) is 0.462. The third-order valence-corrected chi connectivity index (χ3v) is 2.13. The van der Waals surface area contributed by atoms with Crippen molar-refractivity contribution in [2.75, 3.05) is 13.6 Å². The van der Waals surface area contributed by atoms with Gasteiger partial charge in [-0.05, 0) is 20.8 Å². The van der Waals surface area contributed by atoms with Crippen molar-refractivity contribution in [2.24, 2.45) is 5.41 Å². The smallest absolute Gasteiger partial charge is 0.226 e. The Morgan fingerprint density at radius 1 is 1.57 bits per heavy atom. The highest BCUT2D eigenvalue weighted by Crippen LogP contribution is 2.13. The van der Waals surface area contributed by atoms with Gasteiger partial charge in [0.05, 0.1) is 17.9 Å². The van der Waals surface area contributed by atoms with Crippen molar-refractivity contribution in [1.29, 1.82) is 5.26 Å². The van der Waals surface area contributed by atoms with Crippen molar-refractivity contribution in [3.63, 3.8) is 0 Å².